The molecule has 0 unspecified atom stereocenters. The lowest BCUT2D eigenvalue weighted by Crippen LogP contribution is -2.31. The molecule has 1 N–H and O–H groups in total. The number of hydrogen-bond acceptors (Lipinski definition) is 4. The van der Waals surface area contributed by atoms with Gasteiger partial charge < -0.3 is 19.5 Å². The van der Waals surface area contributed by atoms with Crippen molar-refractivity contribution in [3.63, 3.8) is 0 Å². The molecule has 0 aromatic heterocycles. The van der Waals surface area contributed by atoms with Crippen LogP contribution in [-0.2, 0) is 11.3 Å². The van der Waals surface area contributed by atoms with Gasteiger partial charge in [0.25, 0.3) is 0 Å². The summed E-state index contributed by atoms with van der Waals surface area (Å²) in [6, 6.07) is 3.62. The first kappa shape index (κ1) is 16.5. The van der Waals surface area contributed by atoms with E-state index in [2.05, 4.69) is 5.32 Å². The zero-order valence-corrected chi connectivity index (χ0v) is 13.6. The third kappa shape index (κ3) is 3.84. The molecule has 1 fully saturated rings. The Bertz CT molecular complexity index is 510. The molecule has 0 spiro atoms. The van der Waals surface area contributed by atoms with Gasteiger partial charge in [-0.15, -0.1) is 0 Å². The van der Waals surface area contributed by atoms with Gasteiger partial charge in [-0.1, -0.05) is 19.3 Å². The molecule has 1 aliphatic carbocycles. The number of ether oxygens (including phenoxy) is 3. The maximum Gasteiger partial charge on any atom is 0.223 e. The third-order valence-corrected chi connectivity index (χ3v) is 4.22. The van der Waals surface area contributed by atoms with Crippen molar-refractivity contribution in [1.82, 2.24) is 5.32 Å². The van der Waals surface area contributed by atoms with Gasteiger partial charge in [-0.2, -0.15) is 0 Å². The SMILES string of the molecule is COc1cc(OC)c(OC)cc1CNC(=O)C1CCCCC1. The summed E-state index contributed by atoms with van der Waals surface area (Å²) in [6.45, 7) is 0.429. The largest absolute Gasteiger partial charge is 0.496 e. The van der Waals surface area contributed by atoms with E-state index in [-0.39, 0.29) is 11.8 Å². The van der Waals surface area contributed by atoms with Gasteiger partial charge in [0, 0.05) is 24.1 Å². The summed E-state index contributed by atoms with van der Waals surface area (Å²) in [5, 5.41) is 3.02. The summed E-state index contributed by atoms with van der Waals surface area (Å²) in [4.78, 5) is 12.2. The number of benzene rings is 1. The summed E-state index contributed by atoms with van der Waals surface area (Å²) >= 11 is 0. The van der Waals surface area contributed by atoms with Crippen LogP contribution >= 0.6 is 0 Å². The maximum absolute atomic E-state index is 12.2. The summed E-state index contributed by atoms with van der Waals surface area (Å²) in [5.74, 6) is 2.21. The fraction of sp³-hybridized carbons (Fsp3) is 0.588. The zero-order chi connectivity index (χ0) is 15.9. The molecule has 122 valence electrons. The quantitative estimate of drug-likeness (QED) is 0.878. The Labute approximate surface area is 131 Å². The molecule has 0 heterocycles. The van der Waals surface area contributed by atoms with E-state index in [0.717, 1.165) is 31.2 Å². The van der Waals surface area contributed by atoms with Crippen LogP contribution in [0.5, 0.6) is 17.2 Å². The van der Waals surface area contributed by atoms with E-state index in [4.69, 9.17) is 14.2 Å². The second-order valence-corrected chi connectivity index (χ2v) is 5.57. The molecular formula is C17H25NO4. The Morgan fingerprint density at radius 1 is 1.00 bits per heavy atom. The van der Waals surface area contributed by atoms with E-state index in [9.17, 15) is 4.79 Å². The minimum atomic E-state index is 0.136. The predicted molar refractivity (Wildman–Crippen MR) is 84.5 cm³/mol. The summed E-state index contributed by atoms with van der Waals surface area (Å²) in [7, 11) is 4.78. The van der Waals surface area contributed by atoms with Crippen molar-refractivity contribution >= 4 is 5.91 Å². The highest BCUT2D eigenvalue weighted by Gasteiger charge is 2.21. The normalized spacial score (nSPS) is 15.2. The molecule has 0 bridgehead atoms. The number of methoxy groups -OCH3 is 3. The Balaban J connectivity index is 2.06. The molecule has 1 aromatic carbocycles. The number of nitrogens with one attached hydrogen (secondary N) is 1. The topological polar surface area (TPSA) is 56.8 Å². The molecule has 0 radical (unpaired) electrons. The monoisotopic (exact) mass is 307 g/mol. The highest BCUT2D eigenvalue weighted by Crippen LogP contribution is 2.34. The van der Waals surface area contributed by atoms with Crippen LogP contribution in [0, 0.1) is 5.92 Å². The van der Waals surface area contributed by atoms with Crippen LogP contribution in [0.15, 0.2) is 12.1 Å². The second-order valence-electron chi connectivity index (χ2n) is 5.57. The van der Waals surface area contributed by atoms with Crippen molar-refractivity contribution in [3.8, 4) is 17.2 Å². The fourth-order valence-electron chi connectivity index (χ4n) is 2.92. The molecule has 1 aliphatic rings. The van der Waals surface area contributed by atoms with Gasteiger partial charge in [-0.3, -0.25) is 4.79 Å². The van der Waals surface area contributed by atoms with Crippen LogP contribution in [0.1, 0.15) is 37.7 Å². The lowest BCUT2D eigenvalue weighted by Gasteiger charge is -2.21. The van der Waals surface area contributed by atoms with Crippen molar-refractivity contribution in [2.24, 2.45) is 5.92 Å². The molecule has 22 heavy (non-hydrogen) atoms. The van der Waals surface area contributed by atoms with Gasteiger partial charge in [0.15, 0.2) is 11.5 Å². The number of rotatable bonds is 6. The van der Waals surface area contributed by atoms with Gasteiger partial charge in [0.2, 0.25) is 5.91 Å². The van der Waals surface area contributed by atoms with E-state index in [1.807, 2.05) is 6.07 Å². The Hall–Kier alpha value is -1.91. The smallest absolute Gasteiger partial charge is 0.223 e. The number of amides is 1. The molecule has 0 saturated heterocycles. The molecule has 0 atom stereocenters. The average molecular weight is 307 g/mol. The highest BCUT2D eigenvalue weighted by molar-refractivity contribution is 5.78. The van der Waals surface area contributed by atoms with Crippen molar-refractivity contribution in [2.75, 3.05) is 21.3 Å². The lowest BCUT2D eigenvalue weighted by molar-refractivity contribution is -0.126. The number of carbonyl (C=O) groups is 1. The van der Waals surface area contributed by atoms with Gasteiger partial charge in [-0.05, 0) is 18.9 Å². The first-order chi connectivity index (χ1) is 10.7. The molecule has 1 aromatic rings. The standard InChI is InChI=1S/C17H25NO4/c1-20-14-10-16(22-3)15(21-2)9-13(14)11-18-17(19)12-7-5-4-6-8-12/h9-10,12H,4-8,11H2,1-3H3,(H,18,19). The molecule has 1 amide bonds. The molecule has 5 heteroatoms. The van der Waals surface area contributed by atoms with Crippen molar-refractivity contribution in [2.45, 2.75) is 38.6 Å². The minimum absolute atomic E-state index is 0.136. The second kappa shape index (κ2) is 7.92. The van der Waals surface area contributed by atoms with Crippen LogP contribution in [0.4, 0.5) is 0 Å². The van der Waals surface area contributed by atoms with E-state index in [1.54, 1.807) is 27.4 Å². The Morgan fingerprint density at radius 2 is 1.59 bits per heavy atom. The average Bonchev–Trinajstić information content (AvgIpc) is 2.59. The lowest BCUT2D eigenvalue weighted by atomic mass is 9.88. The molecular weight excluding hydrogens is 282 g/mol. The van der Waals surface area contributed by atoms with Gasteiger partial charge in [-0.25, -0.2) is 0 Å². The summed E-state index contributed by atoms with van der Waals surface area (Å²) in [6.07, 6.45) is 5.53. The first-order valence-electron chi connectivity index (χ1n) is 7.76. The van der Waals surface area contributed by atoms with Crippen LogP contribution < -0.4 is 19.5 Å². The van der Waals surface area contributed by atoms with E-state index in [1.165, 1.54) is 6.42 Å². The molecule has 2 rings (SSSR count). The maximum atomic E-state index is 12.2. The van der Waals surface area contributed by atoms with Crippen molar-refractivity contribution < 1.29 is 19.0 Å². The van der Waals surface area contributed by atoms with E-state index >= 15 is 0 Å². The van der Waals surface area contributed by atoms with Crippen LogP contribution in [0.2, 0.25) is 0 Å². The van der Waals surface area contributed by atoms with Gasteiger partial charge in [0.1, 0.15) is 5.75 Å². The van der Waals surface area contributed by atoms with Gasteiger partial charge >= 0.3 is 0 Å². The van der Waals surface area contributed by atoms with E-state index < -0.39 is 0 Å². The summed E-state index contributed by atoms with van der Waals surface area (Å²) < 4.78 is 15.9. The predicted octanol–water partition coefficient (Wildman–Crippen LogP) is 2.91. The molecule has 5 nitrogen and oxygen atoms in total. The zero-order valence-electron chi connectivity index (χ0n) is 13.6. The number of hydrogen-bond donors (Lipinski definition) is 1. The van der Waals surface area contributed by atoms with Crippen molar-refractivity contribution in [3.05, 3.63) is 17.7 Å². The Morgan fingerprint density at radius 3 is 2.18 bits per heavy atom. The first-order valence-corrected chi connectivity index (χ1v) is 7.76. The van der Waals surface area contributed by atoms with Gasteiger partial charge in [0.05, 0.1) is 21.3 Å². The molecule has 1 saturated carbocycles. The van der Waals surface area contributed by atoms with Crippen LogP contribution in [0.25, 0.3) is 0 Å². The van der Waals surface area contributed by atoms with Crippen LogP contribution in [-0.4, -0.2) is 27.2 Å². The summed E-state index contributed by atoms with van der Waals surface area (Å²) in [5.41, 5.74) is 0.879. The minimum Gasteiger partial charge on any atom is -0.496 e. The molecule has 0 aliphatic heterocycles. The van der Waals surface area contributed by atoms with E-state index in [0.29, 0.717) is 23.8 Å². The third-order valence-electron chi connectivity index (χ3n) is 4.22. The highest BCUT2D eigenvalue weighted by atomic mass is 16.5. The fourth-order valence-corrected chi connectivity index (χ4v) is 2.92. The van der Waals surface area contributed by atoms with Crippen LogP contribution in [0.3, 0.4) is 0 Å². The number of carbonyl (C=O) groups excluding carboxylic acids is 1. The Kier molecular flexibility index (Phi) is 5.92. The van der Waals surface area contributed by atoms with Crippen molar-refractivity contribution in [1.29, 1.82) is 0 Å².